The average Bonchev–Trinajstić information content (AvgIpc) is 3.07. The van der Waals surface area contributed by atoms with Crippen LogP contribution in [0.3, 0.4) is 0 Å². The standard InChI is InChI=1S/C21H17N3S/c1-2-7-14(8-3-1)20-22-13-23-21(24-20)16-10-6-12-18-19(16)15-9-4-5-11-17(15)25-18/h1-9,11-13,15-17H,10H2/t15?,16-,17?/m0/s1. The Balaban J connectivity index is 1.55. The summed E-state index contributed by atoms with van der Waals surface area (Å²) >= 11 is 1.96. The molecule has 0 bridgehead atoms. The molecule has 0 saturated carbocycles. The predicted molar refractivity (Wildman–Crippen MR) is 102 cm³/mol. The van der Waals surface area contributed by atoms with Gasteiger partial charge >= 0.3 is 0 Å². The van der Waals surface area contributed by atoms with Gasteiger partial charge in [0, 0.05) is 27.6 Å². The summed E-state index contributed by atoms with van der Waals surface area (Å²) in [5.74, 6) is 2.33. The van der Waals surface area contributed by atoms with Crippen LogP contribution in [0, 0.1) is 5.92 Å². The molecule has 2 aromatic rings. The van der Waals surface area contributed by atoms with Crippen LogP contribution in [0.25, 0.3) is 11.4 Å². The lowest BCUT2D eigenvalue weighted by atomic mass is 9.79. The fraction of sp³-hybridized carbons (Fsp3) is 0.190. The molecule has 3 nitrogen and oxygen atoms in total. The Bertz CT molecular complexity index is 927. The molecule has 0 spiro atoms. The second-order valence-corrected chi connectivity index (χ2v) is 7.64. The molecule has 0 saturated heterocycles. The number of nitrogens with zero attached hydrogens (tertiary/aromatic N) is 3. The van der Waals surface area contributed by atoms with Crippen molar-refractivity contribution in [3.05, 3.63) is 89.4 Å². The summed E-state index contributed by atoms with van der Waals surface area (Å²) in [5, 5.41) is 0.510. The molecule has 122 valence electrons. The average molecular weight is 343 g/mol. The van der Waals surface area contributed by atoms with Gasteiger partial charge in [0.2, 0.25) is 0 Å². The second-order valence-electron chi connectivity index (χ2n) is 6.42. The van der Waals surface area contributed by atoms with Gasteiger partial charge in [0.25, 0.3) is 0 Å². The van der Waals surface area contributed by atoms with Crippen molar-refractivity contribution in [1.29, 1.82) is 0 Å². The van der Waals surface area contributed by atoms with Gasteiger partial charge in [-0.25, -0.2) is 15.0 Å². The van der Waals surface area contributed by atoms with Crippen molar-refractivity contribution < 1.29 is 0 Å². The zero-order chi connectivity index (χ0) is 16.6. The highest BCUT2D eigenvalue weighted by molar-refractivity contribution is 8.04. The molecule has 0 radical (unpaired) electrons. The Morgan fingerprint density at radius 1 is 1.00 bits per heavy atom. The van der Waals surface area contributed by atoms with Crippen LogP contribution in [-0.4, -0.2) is 20.2 Å². The van der Waals surface area contributed by atoms with E-state index in [0.29, 0.717) is 11.2 Å². The minimum absolute atomic E-state index is 0.240. The molecule has 1 aliphatic heterocycles. The van der Waals surface area contributed by atoms with E-state index in [-0.39, 0.29) is 5.92 Å². The largest absolute Gasteiger partial charge is 0.221 e. The van der Waals surface area contributed by atoms with Crippen LogP contribution >= 0.6 is 11.8 Å². The lowest BCUT2D eigenvalue weighted by molar-refractivity contribution is 0.638. The van der Waals surface area contributed by atoms with Gasteiger partial charge in [-0.15, -0.1) is 11.8 Å². The number of allylic oxidation sites excluding steroid dienone is 6. The summed E-state index contributed by atoms with van der Waals surface area (Å²) in [6.45, 7) is 0. The molecule has 0 fully saturated rings. The van der Waals surface area contributed by atoms with Crippen molar-refractivity contribution in [3.8, 4) is 11.4 Å². The molecule has 5 rings (SSSR count). The third-order valence-corrected chi connectivity index (χ3v) is 6.29. The summed E-state index contributed by atoms with van der Waals surface area (Å²) in [7, 11) is 0. The van der Waals surface area contributed by atoms with E-state index in [0.717, 1.165) is 23.6 Å². The molecule has 2 aliphatic carbocycles. The van der Waals surface area contributed by atoms with E-state index in [1.807, 2.05) is 42.1 Å². The molecule has 2 unspecified atom stereocenters. The smallest absolute Gasteiger partial charge is 0.163 e. The minimum Gasteiger partial charge on any atom is -0.221 e. The highest BCUT2D eigenvalue weighted by Crippen LogP contribution is 2.52. The van der Waals surface area contributed by atoms with Crippen LogP contribution < -0.4 is 0 Å². The molecule has 1 aromatic heterocycles. The van der Waals surface area contributed by atoms with Crippen LogP contribution in [0.4, 0.5) is 0 Å². The monoisotopic (exact) mass is 343 g/mol. The van der Waals surface area contributed by atoms with Crippen molar-refractivity contribution in [2.45, 2.75) is 17.6 Å². The predicted octanol–water partition coefficient (Wildman–Crippen LogP) is 4.69. The van der Waals surface area contributed by atoms with Crippen molar-refractivity contribution in [3.63, 3.8) is 0 Å². The van der Waals surface area contributed by atoms with Gasteiger partial charge in [-0.05, 0) is 12.0 Å². The second kappa shape index (κ2) is 6.12. The molecule has 25 heavy (non-hydrogen) atoms. The van der Waals surface area contributed by atoms with E-state index in [4.69, 9.17) is 4.98 Å². The summed E-state index contributed by atoms with van der Waals surface area (Å²) in [6.07, 6.45) is 16.1. The zero-order valence-corrected chi connectivity index (χ0v) is 14.4. The summed E-state index contributed by atoms with van der Waals surface area (Å²) < 4.78 is 0. The third-order valence-electron chi connectivity index (χ3n) is 4.94. The molecule has 4 heteroatoms. The number of fused-ring (bicyclic) bond motifs is 2. The van der Waals surface area contributed by atoms with Gasteiger partial charge in [-0.2, -0.15) is 0 Å². The number of thioether (sulfide) groups is 1. The van der Waals surface area contributed by atoms with Gasteiger partial charge in [-0.3, -0.25) is 0 Å². The van der Waals surface area contributed by atoms with E-state index >= 15 is 0 Å². The molecule has 1 aromatic carbocycles. The van der Waals surface area contributed by atoms with E-state index in [1.165, 1.54) is 10.5 Å². The molecule has 2 heterocycles. The van der Waals surface area contributed by atoms with Gasteiger partial charge < -0.3 is 0 Å². The van der Waals surface area contributed by atoms with Crippen molar-refractivity contribution in [1.82, 2.24) is 15.0 Å². The number of hydrogen-bond acceptors (Lipinski definition) is 4. The molecule has 0 N–H and O–H groups in total. The number of benzene rings is 1. The maximum absolute atomic E-state index is 4.82. The highest BCUT2D eigenvalue weighted by Gasteiger charge is 2.39. The topological polar surface area (TPSA) is 38.7 Å². The maximum atomic E-state index is 4.82. The molecular weight excluding hydrogens is 326 g/mol. The van der Waals surface area contributed by atoms with E-state index in [2.05, 4.69) is 46.4 Å². The SMILES string of the molecule is C1=CC2SC3=C(C2C=C1)[C@@H](c1ncnc(-c2ccccc2)n1)CC=C3. The fourth-order valence-corrected chi connectivity index (χ4v) is 5.22. The van der Waals surface area contributed by atoms with Crippen molar-refractivity contribution >= 4 is 11.8 Å². The molecule has 3 atom stereocenters. The first kappa shape index (κ1) is 14.8. The summed E-state index contributed by atoms with van der Waals surface area (Å²) in [5.41, 5.74) is 2.51. The molecule has 0 amide bonds. The first-order chi connectivity index (χ1) is 12.4. The number of hydrogen-bond donors (Lipinski definition) is 0. The summed E-state index contributed by atoms with van der Waals surface area (Å²) in [6, 6.07) is 10.1. The minimum atomic E-state index is 0.240. The Labute approximate surface area is 151 Å². The zero-order valence-electron chi connectivity index (χ0n) is 13.6. The van der Waals surface area contributed by atoms with E-state index in [9.17, 15) is 0 Å². The fourth-order valence-electron chi connectivity index (χ4n) is 3.78. The molecular formula is C21H17N3S. The Kier molecular flexibility index (Phi) is 3.63. The maximum Gasteiger partial charge on any atom is 0.163 e. The Morgan fingerprint density at radius 2 is 1.88 bits per heavy atom. The van der Waals surface area contributed by atoms with Crippen molar-refractivity contribution in [2.75, 3.05) is 0 Å². The summed E-state index contributed by atoms with van der Waals surface area (Å²) in [4.78, 5) is 15.1. The van der Waals surface area contributed by atoms with Gasteiger partial charge in [0.1, 0.15) is 12.2 Å². The Morgan fingerprint density at radius 3 is 2.80 bits per heavy atom. The van der Waals surface area contributed by atoms with E-state index in [1.54, 1.807) is 6.33 Å². The van der Waals surface area contributed by atoms with Gasteiger partial charge in [-0.1, -0.05) is 66.8 Å². The number of rotatable bonds is 2. The lowest BCUT2D eigenvalue weighted by Crippen LogP contribution is -2.19. The third kappa shape index (κ3) is 2.57. The number of aromatic nitrogens is 3. The highest BCUT2D eigenvalue weighted by atomic mass is 32.2. The Hall–Kier alpha value is -2.46. The normalized spacial score (nSPS) is 26.6. The van der Waals surface area contributed by atoms with Crippen LogP contribution in [0.1, 0.15) is 18.2 Å². The van der Waals surface area contributed by atoms with Gasteiger partial charge in [0.15, 0.2) is 5.82 Å². The van der Waals surface area contributed by atoms with Crippen molar-refractivity contribution in [2.24, 2.45) is 5.92 Å². The van der Waals surface area contributed by atoms with Crippen LogP contribution in [0.5, 0.6) is 0 Å². The van der Waals surface area contributed by atoms with Crippen LogP contribution in [-0.2, 0) is 0 Å². The first-order valence-corrected chi connectivity index (χ1v) is 9.45. The van der Waals surface area contributed by atoms with Crippen LogP contribution in [0.15, 0.2) is 83.6 Å². The quantitative estimate of drug-likeness (QED) is 0.793. The van der Waals surface area contributed by atoms with Crippen LogP contribution in [0.2, 0.25) is 0 Å². The van der Waals surface area contributed by atoms with E-state index < -0.39 is 0 Å². The first-order valence-electron chi connectivity index (χ1n) is 8.57. The lowest BCUT2D eigenvalue weighted by Gasteiger charge is -2.25. The van der Waals surface area contributed by atoms with Gasteiger partial charge in [0.05, 0.1) is 0 Å². The molecule has 3 aliphatic rings.